The topological polar surface area (TPSA) is 0 Å². The van der Waals surface area contributed by atoms with Crippen LogP contribution in [0.15, 0.2) is 0 Å². The molecule has 13 aliphatic carbocycles. The van der Waals surface area contributed by atoms with E-state index in [2.05, 4.69) is 104 Å². The second-order valence-corrected chi connectivity index (χ2v) is 33.3. The van der Waals surface area contributed by atoms with Gasteiger partial charge in [-0.25, -0.2) is 0 Å². The molecule has 0 radical (unpaired) electrons. The highest BCUT2D eigenvalue weighted by atomic mass is 14.7. The van der Waals surface area contributed by atoms with E-state index >= 15 is 0 Å². The molecule has 20 unspecified atom stereocenters. The number of fused-ring (bicyclic) bond motifs is 21. The van der Waals surface area contributed by atoms with Crippen LogP contribution in [0.5, 0.6) is 0 Å². The van der Waals surface area contributed by atoms with Gasteiger partial charge in [0.05, 0.1) is 0 Å². The summed E-state index contributed by atoms with van der Waals surface area (Å²) in [6, 6.07) is 0. The van der Waals surface area contributed by atoms with Crippen LogP contribution in [-0.4, -0.2) is 0 Å². The first-order chi connectivity index (χ1) is 30.9. The molecule has 13 rings (SSSR count). The Morgan fingerprint density at radius 1 is 0.227 bits per heavy atom. The van der Waals surface area contributed by atoms with E-state index in [0.717, 1.165) is 101 Å². The van der Waals surface area contributed by atoms with Gasteiger partial charge in [0.1, 0.15) is 0 Å². The largest absolute Gasteiger partial charge is 0.0599 e. The van der Waals surface area contributed by atoms with E-state index in [9.17, 15) is 0 Å². The highest BCUT2D eigenvalue weighted by Gasteiger charge is 2.63. The minimum absolute atomic E-state index is 0.570. The molecule has 0 N–H and O–H groups in total. The first-order valence-corrected chi connectivity index (χ1v) is 30.9. The summed E-state index contributed by atoms with van der Waals surface area (Å²) in [5.41, 5.74) is 2.88. The standard InChI is InChI=1S/C16H26.C15H26.C14H24.C11H20.C10H20/c1-16(2,3)13-8-11-7-12(13)15-10-5-4-9(6-10)14(11)15;1-15(2,3)14-9-10-8-13(14)12-7-5-4-6-11(10)12;1-14(2,3)13-8-9-7-12(13)11-6-4-5-10(9)11;1-11(2,3)10-7-8-4-5-9(10)6-8;1-10(2,3)9-7-5-4-6-8-9/h9-15H,4-8H2,1-3H3;10-14H,4-9H2,1-3H3;9-13H,4-8H2,1-3H3;8-10H,4-7H2,1-3H3;9H,4-8H2,1-3H3. The molecule has 13 fully saturated rings. The molecule has 380 valence electrons. The average molecular weight is 910 g/mol. The molecule has 0 saturated heterocycles. The quantitative estimate of drug-likeness (QED) is 0.213. The summed E-state index contributed by atoms with van der Waals surface area (Å²) in [5.74, 6) is 23.5. The second kappa shape index (κ2) is 19.1. The van der Waals surface area contributed by atoms with Gasteiger partial charge in [0, 0.05) is 0 Å². The van der Waals surface area contributed by atoms with Crippen LogP contribution in [0.25, 0.3) is 0 Å². The van der Waals surface area contributed by atoms with Crippen LogP contribution < -0.4 is 0 Å². The van der Waals surface area contributed by atoms with Crippen LogP contribution >= 0.6 is 0 Å². The van der Waals surface area contributed by atoms with E-state index in [0.29, 0.717) is 27.1 Å². The molecule has 0 heteroatoms. The fourth-order valence-corrected chi connectivity index (χ4v) is 22.1. The van der Waals surface area contributed by atoms with Crippen molar-refractivity contribution in [2.45, 2.75) is 264 Å². The molecule has 0 aromatic rings. The first kappa shape index (κ1) is 50.9. The summed E-state index contributed by atoms with van der Waals surface area (Å²) in [5, 5.41) is 0. The van der Waals surface area contributed by atoms with Crippen LogP contribution in [0.1, 0.15) is 264 Å². The highest BCUT2D eigenvalue weighted by molar-refractivity contribution is 5.12. The maximum absolute atomic E-state index is 2.49. The Hall–Kier alpha value is 0. The van der Waals surface area contributed by atoms with Crippen molar-refractivity contribution in [3.05, 3.63) is 0 Å². The van der Waals surface area contributed by atoms with Crippen LogP contribution in [-0.2, 0) is 0 Å². The smallest absolute Gasteiger partial charge is 0.0321 e. The van der Waals surface area contributed by atoms with E-state index < -0.39 is 0 Å². The maximum Gasteiger partial charge on any atom is -0.0321 e. The summed E-state index contributed by atoms with van der Waals surface area (Å²) >= 11 is 0. The van der Waals surface area contributed by atoms with Gasteiger partial charge in [-0.2, -0.15) is 0 Å². The van der Waals surface area contributed by atoms with E-state index in [1.165, 1.54) is 87.9 Å². The van der Waals surface area contributed by atoms with E-state index in [4.69, 9.17) is 0 Å². The lowest BCUT2D eigenvalue weighted by atomic mass is 9.62. The van der Waals surface area contributed by atoms with Gasteiger partial charge in [0.15, 0.2) is 0 Å². The summed E-state index contributed by atoms with van der Waals surface area (Å²) < 4.78 is 0. The van der Waals surface area contributed by atoms with Crippen molar-refractivity contribution in [1.82, 2.24) is 0 Å². The molecule has 13 saturated carbocycles. The molecule has 0 spiro atoms. The van der Waals surface area contributed by atoms with E-state index in [1.54, 1.807) is 96.3 Å². The molecule has 0 amide bonds. The SMILES string of the molecule is CC(C)(C)C1CC2CC1C1C3CCC(C3)C21.CC(C)(C)C1CC2CC1C1CCCC21.CC(C)(C)C1CC2CC1C1CCCCC21.CC(C)(C)C1CC2CCC1C2.CC(C)(C)C1CCCCC1. The van der Waals surface area contributed by atoms with Crippen molar-refractivity contribution < 1.29 is 0 Å². The summed E-state index contributed by atoms with van der Waals surface area (Å²) in [6.07, 6.45) is 38.7. The van der Waals surface area contributed by atoms with Gasteiger partial charge >= 0.3 is 0 Å². The predicted octanol–water partition coefficient (Wildman–Crippen LogP) is 20.0. The molecular weight excluding hydrogens is 793 g/mol. The van der Waals surface area contributed by atoms with Gasteiger partial charge in [-0.3, -0.25) is 0 Å². The normalized spacial score (nSPS) is 47.0. The molecular formula is C66H116. The molecule has 13 aliphatic rings. The van der Waals surface area contributed by atoms with Crippen molar-refractivity contribution in [1.29, 1.82) is 0 Å². The van der Waals surface area contributed by atoms with Gasteiger partial charge < -0.3 is 0 Å². The van der Waals surface area contributed by atoms with Crippen LogP contribution in [0.4, 0.5) is 0 Å². The summed E-state index contributed by atoms with van der Waals surface area (Å²) in [6.45, 7) is 36.6. The summed E-state index contributed by atoms with van der Waals surface area (Å²) in [7, 11) is 0. The van der Waals surface area contributed by atoms with Crippen LogP contribution in [0.3, 0.4) is 0 Å². The molecule has 0 aromatic carbocycles. The summed E-state index contributed by atoms with van der Waals surface area (Å²) in [4.78, 5) is 0. The molecule has 0 heterocycles. The maximum atomic E-state index is 2.49. The number of hydrogen-bond acceptors (Lipinski definition) is 0. The van der Waals surface area contributed by atoms with E-state index in [-0.39, 0.29) is 0 Å². The zero-order valence-corrected chi connectivity index (χ0v) is 47.3. The van der Waals surface area contributed by atoms with Crippen LogP contribution in [0, 0.1) is 151 Å². The zero-order chi connectivity index (χ0) is 47.3. The molecule has 0 aromatic heterocycles. The zero-order valence-electron chi connectivity index (χ0n) is 47.3. The molecule has 20 atom stereocenters. The third kappa shape index (κ3) is 10.3. The second-order valence-electron chi connectivity index (χ2n) is 33.3. The lowest BCUT2D eigenvalue weighted by molar-refractivity contribution is 0.0502. The Morgan fingerprint density at radius 3 is 1.11 bits per heavy atom. The van der Waals surface area contributed by atoms with Crippen molar-refractivity contribution in [3.63, 3.8) is 0 Å². The van der Waals surface area contributed by atoms with Gasteiger partial charge in [0.25, 0.3) is 0 Å². The Kier molecular flexibility index (Phi) is 14.8. The lowest BCUT2D eigenvalue weighted by Gasteiger charge is -2.43. The molecule has 0 aliphatic heterocycles. The first-order valence-electron chi connectivity index (χ1n) is 30.9. The number of hydrogen-bond donors (Lipinski definition) is 0. The van der Waals surface area contributed by atoms with Gasteiger partial charge in [-0.15, -0.1) is 0 Å². The van der Waals surface area contributed by atoms with Gasteiger partial charge in [-0.05, 0) is 267 Å². The van der Waals surface area contributed by atoms with Crippen molar-refractivity contribution in [2.75, 3.05) is 0 Å². The Morgan fingerprint density at radius 2 is 0.652 bits per heavy atom. The molecule has 66 heavy (non-hydrogen) atoms. The highest BCUT2D eigenvalue weighted by Crippen LogP contribution is 2.71. The third-order valence-electron chi connectivity index (χ3n) is 24.9. The molecule has 10 bridgehead atoms. The van der Waals surface area contributed by atoms with E-state index in [1.807, 2.05) is 0 Å². The van der Waals surface area contributed by atoms with Gasteiger partial charge in [-0.1, -0.05) is 149 Å². The average Bonchev–Trinajstić information content (AvgIpc) is 4.11. The van der Waals surface area contributed by atoms with Crippen molar-refractivity contribution >= 4 is 0 Å². The Balaban J connectivity index is 0.000000105. The Labute approximate surface area is 413 Å². The predicted molar refractivity (Wildman–Crippen MR) is 286 cm³/mol. The van der Waals surface area contributed by atoms with Gasteiger partial charge in [0.2, 0.25) is 0 Å². The van der Waals surface area contributed by atoms with Crippen molar-refractivity contribution in [2.24, 2.45) is 151 Å². The number of rotatable bonds is 0. The molecule has 0 nitrogen and oxygen atoms in total. The minimum Gasteiger partial charge on any atom is -0.0599 e. The lowest BCUT2D eigenvalue weighted by Crippen LogP contribution is -2.37. The minimum atomic E-state index is 0.570. The fraction of sp³-hybridized carbons (Fsp3) is 1.00. The van der Waals surface area contributed by atoms with Crippen LogP contribution in [0.2, 0.25) is 0 Å². The third-order valence-corrected chi connectivity index (χ3v) is 24.9. The monoisotopic (exact) mass is 909 g/mol. The van der Waals surface area contributed by atoms with Crippen molar-refractivity contribution in [3.8, 4) is 0 Å². The fourth-order valence-electron chi connectivity index (χ4n) is 22.1. The Bertz CT molecular complexity index is 1570.